The molecule has 0 amide bonds. The monoisotopic (exact) mass is 262 g/mol. The van der Waals surface area contributed by atoms with Gasteiger partial charge in [-0.1, -0.05) is 11.6 Å². The van der Waals surface area contributed by atoms with Crippen molar-refractivity contribution in [3.63, 3.8) is 0 Å². The van der Waals surface area contributed by atoms with Crippen molar-refractivity contribution in [2.45, 2.75) is 19.4 Å². The Morgan fingerprint density at radius 1 is 1.62 bits per heavy atom. The molecule has 1 saturated heterocycles. The van der Waals surface area contributed by atoms with Crippen LogP contribution in [0.2, 0.25) is 5.02 Å². The molecule has 1 aromatic heterocycles. The number of H-pyrrole nitrogens is 1. The predicted octanol–water partition coefficient (Wildman–Crippen LogP) is 1.42. The molecule has 0 bridgehead atoms. The Labute approximate surface area is 104 Å². The van der Waals surface area contributed by atoms with Crippen molar-refractivity contribution in [3.05, 3.63) is 27.4 Å². The minimum Gasteiger partial charge on any atom is -0.355 e. The predicted molar refractivity (Wildman–Crippen MR) is 64.5 cm³/mol. The second-order valence-electron chi connectivity index (χ2n) is 3.46. The van der Waals surface area contributed by atoms with E-state index in [0.717, 1.165) is 19.4 Å². The summed E-state index contributed by atoms with van der Waals surface area (Å²) in [7, 11) is 0. The molecule has 1 aliphatic rings. The number of aromatic nitrogens is 2. The van der Waals surface area contributed by atoms with Gasteiger partial charge in [0.15, 0.2) is 0 Å². The zero-order valence-electron chi connectivity index (χ0n) is 8.49. The Balaban J connectivity index is 0.00000128. The van der Waals surface area contributed by atoms with Crippen LogP contribution in [0.4, 0.5) is 0 Å². The van der Waals surface area contributed by atoms with E-state index in [9.17, 15) is 4.79 Å². The summed E-state index contributed by atoms with van der Waals surface area (Å²) in [5, 5.41) is 7.77. The van der Waals surface area contributed by atoms with Gasteiger partial charge in [-0.3, -0.25) is 10.2 Å². The lowest BCUT2D eigenvalue weighted by atomic mass is 10.3. The molecule has 1 aliphatic heterocycles. The van der Waals surface area contributed by atoms with Gasteiger partial charge in [0.25, 0.3) is 5.56 Å². The summed E-state index contributed by atoms with van der Waals surface area (Å²) in [6.45, 7) is 1.28. The van der Waals surface area contributed by atoms with Gasteiger partial charge in [0, 0.05) is 13.0 Å². The molecule has 0 aliphatic carbocycles. The number of aromatic amines is 1. The van der Waals surface area contributed by atoms with Crippen LogP contribution in [0.3, 0.4) is 0 Å². The first kappa shape index (κ1) is 13.0. The molecule has 2 N–H and O–H groups in total. The second-order valence-corrected chi connectivity index (χ2v) is 3.84. The van der Waals surface area contributed by atoms with Crippen molar-refractivity contribution in [2.75, 3.05) is 6.54 Å². The van der Waals surface area contributed by atoms with E-state index in [1.54, 1.807) is 0 Å². The first-order chi connectivity index (χ1) is 7.18. The molecule has 0 radical (unpaired) electrons. The number of halogens is 2. The molecule has 5 nitrogen and oxygen atoms in total. The minimum atomic E-state index is -0.326. The highest BCUT2D eigenvalue weighted by Crippen LogP contribution is 2.15. The largest absolute Gasteiger partial charge is 0.355 e. The average molecular weight is 263 g/mol. The van der Waals surface area contributed by atoms with Crippen LogP contribution in [-0.2, 0) is 6.54 Å². The molecule has 7 heteroatoms. The van der Waals surface area contributed by atoms with E-state index >= 15 is 0 Å². The Kier molecular flexibility index (Phi) is 4.32. The number of rotatable bonds is 2. The van der Waals surface area contributed by atoms with Crippen molar-refractivity contribution >= 4 is 29.8 Å². The van der Waals surface area contributed by atoms with Crippen LogP contribution in [0.1, 0.15) is 18.5 Å². The number of nitrogens with zero attached hydrogens (tertiary/aromatic N) is 2. The number of nitrogens with one attached hydrogen (secondary N) is 2. The molecule has 16 heavy (non-hydrogen) atoms. The Morgan fingerprint density at radius 3 is 3.00 bits per heavy atom. The van der Waals surface area contributed by atoms with E-state index in [1.807, 2.05) is 4.90 Å². The Morgan fingerprint density at radius 2 is 2.38 bits per heavy atom. The van der Waals surface area contributed by atoms with Crippen molar-refractivity contribution < 1.29 is 0 Å². The lowest BCUT2D eigenvalue weighted by Gasteiger charge is -2.17. The number of amidine groups is 1. The quantitative estimate of drug-likeness (QED) is 0.847. The van der Waals surface area contributed by atoms with Crippen LogP contribution < -0.4 is 5.56 Å². The molecule has 0 atom stereocenters. The second kappa shape index (κ2) is 5.32. The highest BCUT2D eigenvalue weighted by molar-refractivity contribution is 6.31. The SMILES string of the molecule is Cl.N=C1CCCN1Cc1nc[nH]c(=O)c1Cl. The molecule has 88 valence electrons. The molecule has 1 aromatic rings. The maximum atomic E-state index is 11.2. The van der Waals surface area contributed by atoms with Gasteiger partial charge in [0.1, 0.15) is 5.02 Å². The van der Waals surface area contributed by atoms with Crippen LogP contribution in [0.15, 0.2) is 11.1 Å². The number of hydrogen-bond acceptors (Lipinski definition) is 3. The Hall–Kier alpha value is -1.07. The fourth-order valence-electron chi connectivity index (χ4n) is 1.62. The van der Waals surface area contributed by atoms with Crippen LogP contribution in [0.5, 0.6) is 0 Å². The standard InChI is InChI=1S/C9H11ClN4O.ClH/c10-8-6(12-5-13-9(8)15)4-14-3-1-2-7(14)11;/h5,11H,1-4H2,(H,12,13,15);1H. The Bertz CT molecular complexity index is 445. The molecule has 2 heterocycles. The van der Waals surface area contributed by atoms with Crippen molar-refractivity contribution in [3.8, 4) is 0 Å². The van der Waals surface area contributed by atoms with Crippen molar-refractivity contribution in [1.29, 1.82) is 5.41 Å². The lowest BCUT2D eigenvalue weighted by molar-refractivity contribution is 0.439. The maximum absolute atomic E-state index is 11.2. The minimum absolute atomic E-state index is 0. The van der Waals surface area contributed by atoms with E-state index in [2.05, 4.69) is 9.97 Å². The molecule has 0 spiro atoms. The van der Waals surface area contributed by atoms with Crippen molar-refractivity contribution in [2.24, 2.45) is 0 Å². The van der Waals surface area contributed by atoms with Gasteiger partial charge in [-0.25, -0.2) is 4.98 Å². The fourth-order valence-corrected chi connectivity index (χ4v) is 1.78. The van der Waals surface area contributed by atoms with E-state index in [1.165, 1.54) is 6.33 Å². The third kappa shape index (κ3) is 2.54. The summed E-state index contributed by atoms with van der Waals surface area (Å²) in [5.74, 6) is 0.591. The summed E-state index contributed by atoms with van der Waals surface area (Å²) in [6.07, 6.45) is 3.11. The maximum Gasteiger partial charge on any atom is 0.269 e. The molecule has 0 unspecified atom stereocenters. The molecular formula is C9H12Cl2N4O. The van der Waals surface area contributed by atoms with Gasteiger partial charge in [-0.05, 0) is 6.42 Å². The van der Waals surface area contributed by atoms with E-state index in [4.69, 9.17) is 17.0 Å². The van der Waals surface area contributed by atoms with Gasteiger partial charge in [-0.15, -0.1) is 12.4 Å². The number of likely N-dealkylation sites (tertiary alicyclic amines) is 1. The fraction of sp³-hybridized carbons (Fsp3) is 0.444. The average Bonchev–Trinajstić information content (AvgIpc) is 2.60. The van der Waals surface area contributed by atoms with Gasteiger partial charge in [0.05, 0.1) is 24.4 Å². The highest BCUT2D eigenvalue weighted by Gasteiger charge is 2.19. The van der Waals surface area contributed by atoms with E-state index in [-0.39, 0.29) is 23.0 Å². The van der Waals surface area contributed by atoms with Gasteiger partial charge < -0.3 is 9.88 Å². The lowest BCUT2D eigenvalue weighted by Crippen LogP contribution is -2.25. The topological polar surface area (TPSA) is 72.8 Å². The molecule has 1 fully saturated rings. The summed E-state index contributed by atoms with van der Waals surface area (Å²) in [5.41, 5.74) is 0.208. The summed E-state index contributed by atoms with van der Waals surface area (Å²) >= 11 is 5.82. The highest BCUT2D eigenvalue weighted by atomic mass is 35.5. The molecule has 0 saturated carbocycles. The van der Waals surface area contributed by atoms with Gasteiger partial charge in [-0.2, -0.15) is 0 Å². The molecule has 2 rings (SSSR count). The smallest absolute Gasteiger partial charge is 0.269 e. The molecule has 0 aromatic carbocycles. The van der Waals surface area contributed by atoms with Crippen molar-refractivity contribution in [1.82, 2.24) is 14.9 Å². The normalized spacial score (nSPS) is 15.1. The van der Waals surface area contributed by atoms with E-state index < -0.39 is 0 Å². The first-order valence-electron chi connectivity index (χ1n) is 4.73. The first-order valence-corrected chi connectivity index (χ1v) is 5.10. The number of hydrogen-bond donors (Lipinski definition) is 2. The van der Waals surface area contributed by atoms with Crippen LogP contribution in [0, 0.1) is 5.41 Å². The third-order valence-electron chi connectivity index (χ3n) is 2.43. The van der Waals surface area contributed by atoms with E-state index in [0.29, 0.717) is 18.1 Å². The summed E-state index contributed by atoms with van der Waals surface area (Å²) in [4.78, 5) is 19.5. The van der Waals surface area contributed by atoms with Crippen LogP contribution in [0.25, 0.3) is 0 Å². The zero-order chi connectivity index (χ0) is 10.8. The third-order valence-corrected chi connectivity index (χ3v) is 2.82. The van der Waals surface area contributed by atoms with Crippen LogP contribution in [-0.4, -0.2) is 27.2 Å². The molecular weight excluding hydrogens is 251 g/mol. The van der Waals surface area contributed by atoms with Crippen LogP contribution >= 0.6 is 24.0 Å². The zero-order valence-corrected chi connectivity index (χ0v) is 10.1. The van der Waals surface area contributed by atoms with Gasteiger partial charge >= 0.3 is 0 Å². The van der Waals surface area contributed by atoms with Gasteiger partial charge in [0.2, 0.25) is 0 Å². The summed E-state index contributed by atoms with van der Waals surface area (Å²) in [6, 6.07) is 0. The summed E-state index contributed by atoms with van der Waals surface area (Å²) < 4.78 is 0.